The fourth-order valence-corrected chi connectivity index (χ4v) is 1.99. The van der Waals surface area contributed by atoms with Crippen LogP contribution in [0.4, 0.5) is 4.79 Å². The average molecular weight is 299 g/mol. The maximum atomic E-state index is 11.8. The number of carbonyl (C=O) groups is 2. The molecule has 0 aromatic heterocycles. The van der Waals surface area contributed by atoms with Crippen LogP contribution in [-0.4, -0.2) is 67.7 Å². The summed E-state index contributed by atoms with van der Waals surface area (Å²) in [6.45, 7) is 12.4. The smallest absolute Gasteiger partial charge is 0.409 e. The highest BCUT2D eigenvalue weighted by molar-refractivity contribution is 5.78. The van der Waals surface area contributed by atoms with Crippen molar-refractivity contribution in [3.05, 3.63) is 0 Å². The van der Waals surface area contributed by atoms with Gasteiger partial charge in [-0.2, -0.15) is 0 Å². The Bertz CT molecular complexity index is 337. The number of hydrogen-bond acceptors (Lipinski definition) is 4. The predicted molar refractivity (Wildman–Crippen MR) is 82.0 cm³/mol. The molecule has 1 saturated heterocycles. The summed E-state index contributed by atoms with van der Waals surface area (Å²) in [7, 11) is 0. The fraction of sp³-hybridized carbons (Fsp3) is 0.867. The van der Waals surface area contributed by atoms with E-state index < -0.39 is 0 Å². The van der Waals surface area contributed by atoms with Crippen molar-refractivity contribution in [3.63, 3.8) is 0 Å². The molecule has 1 N–H and O–H groups in total. The molecule has 21 heavy (non-hydrogen) atoms. The quantitative estimate of drug-likeness (QED) is 0.800. The Kier molecular flexibility index (Phi) is 7.50. The highest BCUT2D eigenvalue weighted by Crippen LogP contribution is 2.05. The Morgan fingerprint density at radius 2 is 1.67 bits per heavy atom. The van der Waals surface area contributed by atoms with E-state index in [9.17, 15) is 9.59 Å². The zero-order valence-electron chi connectivity index (χ0n) is 13.7. The third-order valence-corrected chi connectivity index (χ3v) is 3.25. The molecule has 6 heteroatoms. The number of ether oxygens (including phenoxy) is 1. The van der Waals surface area contributed by atoms with Crippen LogP contribution >= 0.6 is 0 Å². The second-order valence-corrected chi connectivity index (χ2v) is 6.43. The van der Waals surface area contributed by atoms with Gasteiger partial charge in [0.05, 0.1) is 13.2 Å². The minimum atomic E-state index is -0.243. The van der Waals surface area contributed by atoms with Gasteiger partial charge in [0, 0.05) is 32.7 Å². The maximum absolute atomic E-state index is 11.8. The van der Waals surface area contributed by atoms with Gasteiger partial charge in [0.2, 0.25) is 5.91 Å². The zero-order valence-corrected chi connectivity index (χ0v) is 13.7. The van der Waals surface area contributed by atoms with E-state index in [2.05, 4.69) is 24.1 Å². The van der Waals surface area contributed by atoms with E-state index in [-0.39, 0.29) is 12.0 Å². The van der Waals surface area contributed by atoms with Crippen LogP contribution in [0, 0.1) is 11.8 Å². The van der Waals surface area contributed by atoms with E-state index in [1.165, 1.54) is 0 Å². The topological polar surface area (TPSA) is 61.9 Å². The molecule has 122 valence electrons. The van der Waals surface area contributed by atoms with Crippen molar-refractivity contribution < 1.29 is 14.3 Å². The van der Waals surface area contributed by atoms with Crippen LogP contribution in [0.1, 0.15) is 27.7 Å². The number of nitrogens with zero attached hydrogens (tertiary/aromatic N) is 2. The van der Waals surface area contributed by atoms with Crippen molar-refractivity contribution in [1.82, 2.24) is 15.1 Å². The normalized spacial score (nSPS) is 16.4. The monoisotopic (exact) mass is 299 g/mol. The molecule has 1 fully saturated rings. The summed E-state index contributed by atoms with van der Waals surface area (Å²) < 4.78 is 5.21. The van der Waals surface area contributed by atoms with Crippen molar-refractivity contribution in [2.75, 3.05) is 45.9 Å². The molecule has 1 heterocycles. The first kappa shape index (κ1) is 17.8. The van der Waals surface area contributed by atoms with Crippen molar-refractivity contribution in [1.29, 1.82) is 0 Å². The van der Waals surface area contributed by atoms with Gasteiger partial charge < -0.3 is 15.0 Å². The lowest BCUT2D eigenvalue weighted by atomic mass is 10.2. The Morgan fingerprint density at radius 1 is 1.05 bits per heavy atom. The van der Waals surface area contributed by atoms with E-state index in [0.717, 1.165) is 0 Å². The number of carbonyl (C=O) groups excluding carboxylic acids is 2. The minimum absolute atomic E-state index is 0.0551. The van der Waals surface area contributed by atoms with Gasteiger partial charge in [-0.1, -0.05) is 27.7 Å². The molecule has 6 nitrogen and oxygen atoms in total. The third kappa shape index (κ3) is 7.32. The SMILES string of the molecule is CC(C)CNC(=O)CN1CCN(C(=O)OCC(C)C)CC1. The molecule has 2 amide bonds. The summed E-state index contributed by atoms with van der Waals surface area (Å²) in [5, 5.41) is 2.91. The summed E-state index contributed by atoms with van der Waals surface area (Å²) in [6.07, 6.45) is -0.243. The molecule has 0 bridgehead atoms. The van der Waals surface area contributed by atoms with Crippen LogP contribution < -0.4 is 5.32 Å². The lowest BCUT2D eigenvalue weighted by Gasteiger charge is -2.33. The Hall–Kier alpha value is -1.30. The van der Waals surface area contributed by atoms with Gasteiger partial charge in [-0.3, -0.25) is 9.69 Å². The summed E-state index contributed by atoms with van der Waals surface area (Å²) in [4.78, 5) is 27.3. The van der Waals surface area contributed by atoms with E-state index in [1.807, 2.05) is 13.8 Å². The molecule has 0 unspecified atom stereocenters. The molecular formula is C15H29N3O3. The van der Waals surface area contributed by atoms with Crippen LogP contribution in [0.25, 0.3) is 0 Å². The Labute approximate surface area is 127 Å². The van der Waals surface area contributed by atoms with Crippen LogP contribution in [0.3, 0.4) is 0 Å². The lowest BCUT2D eigenvalue weighted by Crippen LogP contribution is -2.51. The van der Waals surface area contributed by atoms with E-state index in [4.69, 9.17) is 4.74 Å². The number of amides is 2. The molecular weight excluding hydrogens is 270 g/mol. The third-order valence-electron chi connectivity index (χ3n) is 3.25. The minimum Gasteiger partial charge on any atom is -0.449 e. The predicted octanol–water partition coefficient (Wildman–Crippen LogP) is 1.17. The van der Waals surface area contributed by atoms with Gasteiger partial charge in [-0.25, -0.2) is 4.79 Å². The fourth-order valence-electron chi connectivity index (χ4n) is 1.99. The molecule has 0 aromatic rings. The first-order valence-electron chi connectivity index (χ1n) is 7.79. The highest BCUT2D eigenvalue weighted by Gasteiger charge is 2.23. The van der Waals surface area contributed by atoms with Gasteiger partial charge in [-0.15, -0.1) is 0 Å². The lowest BCUT2D eigenvalue weighted by molar-refractivity contribution is -0.122. The van der Waals surface area contributed by atoms with Crippen molar-refractivity contribution in [2.24, 2.45) is 11.8 Å². The molecule has 0 spiro atoms. The molecule has 0 aromatic carbocycles. The standard InChI is InChI=1S/C15H29N3O3/c1-12(2)9-16-14(19)10-17-5-7-18(8-6-17)15(20)21-11-13(3)4/h12-13H,5-11H2,1-4H3,(H,16,19). The van der Waals surface area contributed by atoms with Gasteiger partial charge in [0.25, 0.3) is 0 Å². The van der Waals surface area contributed by atoms with Gasteiger partial charge in [0.15, 0.2) is 0 Å². The summed E-state index contributed by atoms with van der Waals surface area (Å²) in [5.74, 6) is 0.862. The maximum Gasteiger partial charge on any atom is 0.409 e. The molecule has 1 aliphatic rings. The number of piperazine rings is 1. The van der Waals surface area contributed by atoms with E-state index in [0.29, 0.717) is 57.7 Å². The summed E-state index contributed by atoms with van der Waals surface area (Å²) in [5.41, 5.74) is 0. The molecule has 0 atom stereocenters. The molecule has 0 radical (unpaired) electrons. The zero-order chi connectivity index (χ0) is 15.8. The van der Waals surface area contributed by atoms with Crippen molar-refractivity contribution in [3.8, 4) is 0 Å². The number of hydrogen-bond donors (Lipinski definition) is 1. The molecule has 0 aliphatic carbocycles. The number of nitrogens with one attached hydrogen (secondary N) is 1. The van der Waals surface area contributed by atoms with E-state index >= 15 is 0 Å². The van der Waals surface area contributed by atoms with Gasteiger partial charge >= 0.3 is 6.09 Å². The van der Waals surface area contributed by atoms with Crippen LogP contribution in [0.15, 0.2) is 0 Å². The second-order valence-electron chi connectivity index (χ2n) is 6.43. The Morgan fingerprint density at radius 3 is 2.19 bits per heavy atom. The first-order valence-corrected chi connectivity index (χ1v) is 7.79. The average Bonchev–Trinajstić information content (AvgIpc) is 2.43. The van der Waals surface area contributed by atoms with Crippen LogP contribution in [-0.2, 0) is 9.53 Å². The number of rotatable bonds is 6. The Balaban J connectivity index is 2.22. The molecule has 1 rings (SSSR count). The second kappa shape index (κ2) is 8.87. The first-order chi connectivity index (χ1) is 9.88. The molecule has 0 saturated carbocycles. The summed E-state index contributed by atoms with van der Waals surface area (Å²) >= 11 is 0. The van der Waals surface area contributed by atoms with Gasteiger partial charge in [0.1, 0.15) is 0 Å². The van der Waals surface area contributed by atoms with Crippen molar-refractivity contribution >= 4 is 12.0 Å². The van der Waals surface area contributed by atoms with Gasteiger partial charge in [-0.05, 0) is 11.8 Å². The summed E-state index contributed by atoms with van der Waals surface area (Å²) in [6, 6.07) is 0. The highest BCUT2D eigenvalue weighted by atomic mass is 16.6. The van der Waals surface area contributed by atoms with Crippen LogP contribution in [0.5, 0.6) is 0 Å². The largest absolute Gasteiger partial charge is 0.449 e. The van der Waals surface area contributed by atoms with Crippen molar-refractivity contribution in [2.45, 2.75) is 27.7 Å². The van der Waals surface area contributed by atoms with E-state index in [1.54, 1.807) is 4.90 Å². The molecule has 1 aliphatic heterocycles. The van der Waals surface area contributed by atoms with Crippen LogP contribution in [0.2, 0.25) is 0 Å².